The van der Waals surface area contributed by atoms with Crippen LogP contribution in [0.1, 0.15) is 31.2 Å². The number of aliphatic hydroxyl groups is 1. The van der Waals surface area contributed by atoms with Crippen molar-refractivity contribution in [2.24, 2.45) is 0 Å². The SMILES string of the molecule is Nc1nccc(-n2ccc3c(O)cc(C4(O)CCCC4)cc32)n1. The molecule has 0 unspecified atom stereocenters. The molecule has 1 aromatic carbocycles. The van der Waals surface area contributed by atoms with E-state index in [4.69, 9.17) is 5.73 Å². The summed E-state index contributed by atoms with van der Waals surface area (Å²) in [6.07, 6.45) is 6.86. The molecule has 0 amide bonds. The number of nitrogen functional groups attached to an aromatic ring is 1. The molecule has 0 aliphatic heterocycles. The van der Waals surface area contributed by atoms with Gasteiger partial charge in [-0.05, 0) is 42.7 Å². The third kappa shape index (κ3) is 2.22. The number of aromatic nitrogens is 3. The van der Waals surface area contributed by atoms with Gasteiger partial charge in [0, 0.05) is 17.8 Å². The van der Waals surface area contributed by atoms with Gasteiger partial charge in [-0.3, -0.25) is 0 Å². The first-order valence-corrected chi connectivity index (χ1v) is 7.73. The summed E-state index contributed by atoms with van der Waals surface area (Å²) in [7, 11) is 0. The third-order valence-electron chi connectivity index (χ3n) is 4.66. The van der Waals surface area contributed by atoms with Crippen molar-refractivity contribution in [3.63, 3.8) is 0 Å². The molecule has 2 aromatic heterocycles. The van der Waals surface area contributed by atoms with Crippen LogP contribution < -0.4 is 5.73 Å². The number of hydrogen-bond acceptors (Lipinski definition) is 5. The quantitative estimate of drug-likeness (QED) is 0.675. The van der Waals surface area contributed by atoms with E-state index in [2.05, 4.69) is 9.97 Å². The summed E-state index contributed by atoms with van der Waals surface area (Å²) in [6.45, 7) is 0. The number of benzene rings is 1. The van der Waals surface area contributed by atoms with Crippen LogP contribution in [0.15, 0.2) is 36.7 Å². The van der Waals surface area contributed by atoms with Crippen molar-refractivity contribution in [2.75, 3.05) is 5.73 Å². The number of fused-ring (bicyclic) bond motifs is 1. The van der Waals surface area contributed by atoms with Gasteiger partial charge in [-0.2, -0.15) is 4.98 Å². The second kappa shape index (κ2) is 4.96. The Kier molecular flexibility index (Phi) is 3.02. The minimum absolute atomic E-state index is 0.165. The Morgan fingerprint density at radius 1 is 1.17 bits per heavy atom. The predicted molar refractivity (Wildman–Crippen MR) is 87.3 cm³/mol. The van der Waals surface area contributed by atoms with Crippen molar-refractivity contribution in [2.45, 2.75) is 31.3 Å². The van der Waals surface area contributed by atoms with Gasteiger partial charge in [0.2, 0.25) is 5.95 Å². The maximum atomic E-state index is 10.8. The van der Waals surface area contributed by atoms with Gasteiger partial charge in [0.1, 0.15) is 11.6 Å². The normalized spacial score (nSPS) is 16.9. The highest BCUT2D eigenvalue weighted by Crippen LogP contribution is 2.41. The highest BCUT2D eigenvalue weighted by Gasteiger charge is 2.34. The van der Waals surface area contributed by atoms with E-state index in [-0.39, 0.29) is 11.7 Å². The second-order valence-electron chi connectivity index (χ2n) is 6.13. The van der Waals surface area contributed by atoms with E-state index in [0.29, 0.717) is 11.2 Å². The highest BCUT2D eigenvalue weighted by molar-refractivity contribution is 5.88. The van der Waals surface area contributed by atoms with Gasteiger partial charge in [-0.15, -0.1) is 0 Å². The molecule has 0 bridgehead atoms. The van der Waals surface area contributed by atoms with Crippen molar-refractivity contribution in [3.05, 3.63) is 42.2 Å². The zero-order valence-corrected chi connectivity index (χ0v) is 12.6. The van der Waals surface area contributed by atoms with E-state index < -0.39 is 5.60 Å². The molecule has 6 heteroatoms. The summed E-state index contributed by atoms with van der Waals surface area (Å²) >= 11 is 0. The summed E-state index contributed by atoms with van der Waals surface area (Å²) in [4.78, 5) is 8.13. The summed E-state index contributed by atoms with van der Waals surface area (Å²) in [6, 6.07) is 7.18. The molecule has 0 spiro atoms. The number of aromatic hydroxyl groups is 1. The Bertz CT molecular complexity index is 881. The molecule has 4 N–H and O–H groups in total. The molecule has 0 saturated heterocycles. The molecule has 2 heterocycles. The van der Waals surface area contributed by atoms with Crippen LogP contribution >= 0.6 is 0 Å². The fraction of sp³-hybridized carbons (Fsp3) is 0.294. The van der Waals surface area contributed by atoms with Gasteiger partial charge in [-0.1, -0.05) is 12.8 Å². The number of nitrogens with two attached hydrogens (primary N) is 1. The summed E-state index contributed by atoms with van der Waals surface area (Å²) in [5.41, 5.74) is 6.35. The lowest BCUT2D eigenvalue weighted by Crippen LogP contribution is -2.20. The standard InChI is InChI=1S/C17H18N4O2/c18-16-19-7-3-15(20-16)21-8-4-12-13(21)9-11(10-14(12)22)17(23)5-1-2-6-17/h3-4,7-10,22-23H,1-2,5-6H2,(H2,18,19,20). The minimum Gasteiger partial charge on any atom is -0.507 e. The molecule has 3 aromatic rings. The molecule has 23 heavy (non-hydrogen) atoms. The summed E-state index contributed by atoms with van der Waals surface area (Å²) in [5, 5.41) is 21.9. The molecule has 1 fully saturated rings. The monoisotopic (exact) mass is 310 g/mol. The van der Waals surface area contributed by atoms with Crippen LogP contribution in [0, 0.1) is 0 Å². The zero-order chi connectivity index (χ0) is 16.0. The second-order valence-corrected chi connectivity index (χ2v) is 6.13. The van der Waals surface area contributed by atoms with E-state index in [0.717, 1.165) is 36.8 Å². The Morgan fingerprint density at radius 2 is 1.96 bits per heavy atom. The van der Waals surface area contributed by atoms with E-state index in [1.165, 1.54) is 0 Å². The largest absolute Gasteiger partial charge is 0.507 e. The van der Waals surface area contributed by atoms with Crippen LogP contribution in [0.25, 0.3) is 16.7 Å². The van der Waals surface area contributed by atoms with Crippen LogP contribution in [-0.4, -0.2) is 24.7 Å². The number of phenols is 1. The summed E-state index contributed by atoms with van der Waals surface area (Å²) < 4.78 is 1.84. The van der Waals surface area contributed by atoms with Gasteiger partial charge < -0.3 is 20.5 Å². The maximum Gasteiger partial charge on any atom is 0.221 e. The molecular formula is C17H18N4O2. The maximum absolute atomic E-state index is 10.8. The van der Waals surface area contributed by atoms with E-state index in [9.17, 15) is 10.2 Å². The average Bonchev–Trinajstić information content (AvgIpc) is 3.14. The van der Waals surface area contributed by atoms with Crippen LogP contribution in [0.4, 0.5) is 5.95 Å². The number of hydrogen-bond donors (Lipinski definition) is 3. The van der Waals surface area contributed by atoms with Crippen molar-refractivity contribution in [3.8, 4) is 11.6 Å². The first-order chi connectivity index (χ1) is 11.1. The smallest absolute Gasteiger partial charge is 0.221 e. The average molecular weight is 310 g/mol. The lowest BCUT2D eigenvalue weighted by atomic mass is 9.91. The van der Waals surface area contributed by atoms with Gasteiger partial charge >= 0.3 is 0 Å². The minimum atomic E-state index is -0.856. The number of anilines is 1. The number of rotatable bonds is 2. The van der Waals surface area contributed by atoms with Gasteiger partial charge in [0.15, 0.2) is 0 Å². The number of phenolic OH excluding ortho intramolecular Hbond substituents is 1. The molecule has 6 nitrogen and oxygen atoms in total. The molecular weight excluding hydrogens is 292 g/mol. The molecule has 1 aliphatic carbocycles. The van der Waals surface area contributed by atoms with E-state index >= 15 is 0 Å². The third-order valence-corrected chi connectivity index (χ3v) is 4.66. The Balaban J connectivity index is 1.92. The first kappa shape index (κ1) is 14.0. The van der Waals surface area contributed by atoms with Crippen LogP contribution in [0.2, 0.25) is 0 Å². The molecule has 4 rings (SSSR count). The van der Waals surface area contributed by atoms with Crippen LogP contribution in [0.3, 0.4) is 0 Å². The topological polar surface area (TPSA) is 97.2 Å². The van der Waals surface area contributed by atoms with Gasteiger partial charge in [0.25, 0.3) is 0 Å². The van der Waals surface area contributed by atoms with Crippen molar-refractivity contribution in [1.82, 2.24) is 14.5 Å². The molecule has 118 valence electrons. The lowest BCUT2D eigenvalue weighted by molar-refractivity contribution is 0.0444. The fourth-order valence-corrected chi connectivity index (χ4v) is 3.44. The van der Waals surface area contributed by atoms with Crippen LogP contribution in [0.5, 0.6) is 5.75 Å². The highest BCUT2D eigenvalue weighted by atomic mass is 16.3. The Labute approximate surface area is 133 Å². The molecule has 0 radical (unpaired) electrons. The van der Waals surface area contributed by atoms with Crippen molar-refractivity contribution in [1.29, 1.82) is 0 Å². The Morgan fingerprint density at radius 3 is 2.70 bits per heavy atom. The fourth-order valence-electron chi connectivity index (χ4n) is 3.44. The van der Waals surface area contributed by atoms with Crippen molar-refractivity contribution < 1.29 is 10.2 Å². The summed E-state index contributed by atoms with van der Waals surface area (Å²) in [5.74, 6) is 0.986. The number of nitrogens with zero attached hydrogens (tertiary/aromatic N) is 3. The van der Waals surface area contributed by atoms with Crippen molar-refractivity contribution >= 4 is 16.9 Å². The molecule has 0 atom stereocenters. The van der Waals surface area contributed by atoms with E-state index in [1.807, 2.05) is 22.9 Å². The van der Waals surface area contributed by atoms with E-state index in [1.54, 1.807) is 18.3 Å². The van der Waals surface area contributed by atoms with Gasteiger partial charge in [0.05, 0.1) is 11.1 Å². The lowest BCUT2D eigenvalue weighted by Gasteiger charge is -2.23. The van der Waals surface area contributed by atoms with Gasteiger partial charge in [-0.25, -0.2) is 4.98 Å². The zero-order valence-electron chi connectivity index (χ0n) is 12.6. The first-order valence-electron chi connectivity index (χ1n) is 7.73. The Hall–Kier alpha value is -2.60. The molecule has 1 saturated carbocycles. The van der Waals surface area contributed by atoms with Crippen LogP contribution in [-0.2, 0) is 5.60 Å². The predicted octanol–water partition coefficient (Wildman–Crippen LogP) is 2.47. The molecule has 1 aliphatic rings.